The number of nitrogens with one attached hydrogen (secondary N) is 2. The number of benzene rings is 2. The Bertz CT molecular complexity index is 707. The number of phenolic OH excluding ortho intramolecular Hbond substituents is 2. The predicted molar refractivity (Wildman–Crippen MR) is 106 cm³/mol. The number of rotatable bonds is 6. The summed E-state index contributed by atoms with van der Waals surface area (Å²) in [6.45, 7) is 8.54. The normalized spacial score (nSPS) is 9.48. The van der Waals surface area contributed by atoms with E-state index in [9.17, 15) is 15.0 Å². The van der Waals surface area contributed by atoms with E-state index >= 15 is 0 Å². The molecule has 1 amide bonds. The van der Waals surface area contributed by atoms with Crippen LogP contribution >= 0.6 is 0 Å². The minimum Gasteiger partial charge on any atom is -0.674 e. The third-order valence-electron chi connectivity index (χ3n) is 3.87. The maximum Gasteiger partial charge on any atom is 0.255 e. The van der Waals surface area contributed by atoms with Crippen LogP contribution in [0.1, 0.15) is 36.7 Å². The van der Waals surface area contributed by atoms with E-state index < -0.39 is 0 Å². The Morgan fingerprint density at radius 2 is 1.67 bits per heavy atom. The minimum absolute atomic E-state index is 0. The van der Waals surface area contributed by atoms with Gasteiger partial charge < -0.3 is 26.2 Å². The number of para-hydroxylation sites is 1. The molecule has 0 spiro atoms. The van der Waals surface area contributed by atoms with Gasteiger partial charge in [0.1, 0.15) is 11.5 Å². The van der Waals surface area contributed by atoms with Gasteiger partial charge in [0.2, 0.25) is 0 Å². The first-order valence-corrected chi connectivity index (χ1v) is 8.75. The third-order valence-corrected chi connectivity index (χ3v) is 3.87. The fourth-order valence-electron chi connectivity index (χ4n) is 2.41. The van der Waals surface area contributed by atoms with Crippen molar-refractivity contribution in [3.8, 4) is 11.5 Å². The van der Waals surface area contributed by atoms with Crippen molar-refractivity contribution < 1.29 is 31.8 Å². The van der Waals surface area contributed by atoms with Gasteiger partial charge in [0.25, 0.3) is 5.91 Å². The Morgan fingerprint density at radius 1 is 1.04 bits per heavy atom. The minimum atomic E-state index is -0.240. The van der Waals surface area contributed by atoms with Crippen LogP contribution < -0.4 is 10.2 Å². The molecule has 4 N–H and O–H groups in total. The standard InChI is InChI=1S/C11H17N2O.C9H11NO2.Co/c1-3-13(4-2)10-6-5-9(8-12)11(14)7-10;1-2-10-9(12)7-5-3-4-6-8(7)11;/h5-7,12,14H,3-4,8H2,1-2H3;3-6,11H,2H2,1H3,(H,10,12);/q-1;;. The molecule has 0 aliphatic rings. The van der Waals surface area contributed by atoms with Gasteiger partial charge in [-0.25, -0.2) is 0 Å². The largest absolute Gasteiger partial charge is 0.674 e. The van der Waals surface area contributed by atoms with Crippen molar-refractivity contribution >= 4 is 11.6 Å². The van der Waals surface area contributed by atoms with Crippen LogP contribution in [0, 0.1) is 0 Å². The van der Waals surface area contributed by atoms with E-state index in [1.54, 1.807) is 24.3 Å². The molecule has 0 aromatic heterocycles. The monoisotopic (exact) mass is 417 g/mol. The van der Waals surface area contributed by atoms with Gasteiger partial charge in [-0.05, 0) is 44.5 Å². The smallest absolute Gasteiger partial charge is 0.255 e. The van der Waals surface area contributed by atoms with Crippen LogP contribution in [0.3, 0.4) is 0 Å². The van der Waals surface area contributed by atoms with E-state index in [0.29, 0.717) is 17.7 Å². The van der Waals surface area contributed by atoms with E-state index in [0.717, 1.165) is 18.8 Å². The van der Waals surface area contributed by atoms with Gasteiger partial charge in [-0.2, -0.15) is 0 Å². The summed E-state index contributed by atoms with van der Waals surface area (Å²) in [5.41, 5.74) is 9.20. The molecule has 2 aromatic carbocycles. The molecule has 0 atom stereocenters. The second-order valence-electron chi connectivity index (χ2n) is 5.54. The molecular weight excluding hydrogens is 389 g/mol. The van der Waals surface area contributed by atoms with E-state index in [4.69, 9.17) is 5.73 Å². The van der Waals surface area contributed by atoms with Crippen LogP contribution in [-0.2, 0) is 23.3 Å². The number of carbonyl (C=O) groups is 1. The van der Waals surface area contributed by atoms with Crippen LogP contribution in [0.2, 0.25) is 0 Å². The molecule has 2 aromatic rings. The number of phenols is 2. The molecule has 6 nitrogen and oxygen atoms in total. The second-order valence-corrected chi connectivity index (χ2v) is 5.54. The number of anilines is 1. The average Bonchev–Trinajstić information content (AvgIpc) is 2.64. The molecular formula is C20H28CoN3O3-. The zero-order valence-electron chi connectivity index (χ0n) is 16.0. The van der Waals surface area contributed by atoms with Crippen molar-refractivity contribution in [2.45, 2.75) is 27.3 Å². The van der Waals surface area contributed by atoms with Gasteiger partial charge in [0, 0.05) is 48.2 Å². The molecule has 2 rings (SSSR count). The van der Waals surface area contributed by atoms with E-state index in [1.165, 1.54) is 6.07 Å². The van der Waals surface area contributed by atoms with Crippen molar-refractivity contribution in [2.75, 3.05) is 24.5 Å². The molecule has 0 saturated heterocycles. The Hall–Kier alpha value is -2.22. The van der Waals surface area contributed by atoms with Crippen LogP contribution in [-0.4, -0.2) is 35.8 Å². The molecule has 0 fully saturated rings. The SMILES string of the molecule is CCN(CC)c1ccc(C[NH-])c(O)c1.CCNC(=O)c1ccccc1O.[Co]. The summed E-state index contributed by atoms with van der Waals surface area (Å²) in [6, 6.07) is 12.0. The molecule has 0 heterocycles. The van der Waals surface area contributed by atoms with Gasteiger partial charge in [0.15, 0.2) is 0 Å². The van der Waals surface area contributed by atoms with Crippen LogP contribution in [0.25, 0.3) is 5.73 Å². The Morgan fingerprint density at radius 3 is 2.15 bits per heavy atom. The number of amides is 1. The predicted octanol–water partition coefficient (Wildman–Crippen LogP) is 3.93. The molecule has 27 heavy (non-hydrogen) atoms. The maximum absolute atomic E-state index is 11.2. The number of hydrogen-bond acceptors (Lipinski definition) is 4. The van der Waals surface area contributed by atoms with Gasteiger partial charge in [-0.15, -0.1) is 6.54 Å². The van der Waals surface area contributed by atoms with E-state index in [-0.39, 0.29) is 40.7 Å². The molecule has 1 radical (unpaired) electrons. The number of hydrogen-bond donors (Lipinski definition) is 3. The van der Waals surface area contributed by atoms with Crippen LogP contribution in [0.5, 0.6) is 11.5 Å². The molecule has 0 unspecified atom stereocenters. The molecule has 0 aliphatic heterocycles. The summed E-state index contributed by atoms with van der Waals surface area (Å²) in [6.07, 6.45) is 0. The molecule has 151 valence electrons. The fraction of sp³-hybridized carbons (Fsp3) is 0.350. The van der Waals surface area contributed by atoms with Crippen molar-refractivity contribution in [1.82, 2.24) is 5.32 Å². The molecule has 0 bridgehead atoms. The Kier molecular flexibility index (Phi) is 11.9. The Labute approximate surface area is 171 Å². The van der Waals surface area contributed by atoms with Crippen molar-refractivity contribution in [3.05, 3.63) is 59.3 Å². The summed E-state index contributed by atoms with van der Waals surface area (Å²) >= 11 is 0. The zero-order chi connectivity index (χ0) is 19.5. The molecule has 0 aliphatic carbocycles. The summed E-state index contributed by atoms with van der Waals surface area (Å²) in [4.78, 5) is 13.4. The van der Waals surface area contributed by atoms with E-state index in [1.807, 2.05) is 19.1 Å². The maximum atomic E-state index is 11.2. The number of nitrogens with zero attached hydrogens (tertiary/aromatic N) is 1. The van der Waals surface area contributed by atoms with Gasteiger partial charge in [-0.3, -0.25) is 4.79 Å². The summed E-state index contributed by atoms with van der Waals surface area (Å²) in [7, 11) is 0. The van der Waals surface area contributed by atoms with Crippen LogP contribution in [0.4, 0.5) is 5.69 Å². The van der Waals surface area contributed by atoms with Gasteiger partial charge in [-0.1, -0.05) is 18.2 Å². The first-order valence-electron chi connectivity index (χ1n) is 8.75. The van der Waals surface area contributed by atoms with Gasteiger partial charge >= 0.3 is 0 Å². The topological polar surface area (TPSA) is 96.6 Å². The molecule has 0 saturated carbocycles. The summed E-state index contributed by atoms with van der Waals surface area (Å²) in [5, 5.41) is 21.4. The third kappa shape index (κ3) is 7.50. The van der Waals surface area contributed by atoms with Crippen LogP contribution in [0.15, 0.2) is 42.5 Å². The molecule has 7 heteroatoms. The van der Waals surface area contributed by atoms with Crippen molar-refractivity contribution in [1.29, 1.82) is 0 Å². The van der Waals surface area contributed by atoms with E-state index in [2.05, 4.69) is 24.1 Å². The number of carbonyl (C=O) groups excluding carboxylic acids is 1. The fourth-order valence-corrected chi connectivity index (χ4v) is 2.41. The van der Waals surface area contributed by atoms with Crippen molar-refractivity contribution in [2.24, 2.45) is 0 Å². The first-order chi connectivity index (χ1) is 12.5. The summed E-state index contributed by atoms with van der Waals surface area (Å²) in [5.74, 6) is 0.00319. The quantitative estimate of drug-likeness (QED) is 0.664. The van der Waals surface area contributed by atoms with Gasteiger partial charge in [0.05, 0.1) is 5.56 Å². The summed E-state index contributed by atoms with van der Waals surface area (Å²) < 4.78 is 0. The first kappa shape index (κ1) is 24.8. The Balaban J connectivity index is 0.000000488. The second kappa shape index (κ2) is 13.0. The number of aromatic hydroxyl groups is 2. The van der Waals surface area contributed by atoms with Crippen molar-refractivity contribution in [3.63, 3.8) is 0 Å². The zero-order valence-corrected chi connectivity index (χ0v) is 17.0. The average molecular weight is 417 g/mol.